The van der Waals surface area contributed by atoms with E-state index in [1.54, 1.807) is 10.9 Å². The van der Waals surface area contributed by atoms with E-state index >= 15 is 0 Å². The van der Waals surface area contributed by atoms with Crippen molar-refractivity contribution in [3.05, 3.63) is 51.5 Å². The lowest BCUT2D eigenvalue weighted by molar-refractivity contribution is 0.0691. The van der Waals surface area contributed by atoms with E-state index in [-0.39, 0.29) is 12.4 Å². The molecule has 0 aromatic carbocycles. The standard InChI is InChI=1S/C18H19N5O4.ClH/c1-2-23-11-6-3-5-10-14(21-17(25)13(16(10)24)18(26)27)15(11)20-12(23)9-22-8-4-7-19-22;/h4,7-8H,2-3,5-6,9H2,1H3,(H,26,27)(H2,21,24,25);1H. The number of pyridine rings is 1. The van der Waals surface area contributed by atoms with E-state index in [0.29, 0.717) is 49.3 Å². The van der Waals surface area contributed by atoms with Crippen LogP contribution in [0.2, 0.25) is 0 Å². The van der Waals surface area contributed by atoms with E-state index in [4.69, 9.17) is 4.98 Å². The molecule has 0 spiro atoms. The van der Waals surface area contributed by atoms with E-state index in [2.05, 4.69) is 14.6 Å². The number of rotatable bonds is 4. The van der Waals surface area contributed by atoms with Gasteiger partial charge >= 0.3 is 5.97 Å². The maximum atomic E-state index is 12.2. The zero-order chi connectivity index (χ0) is 19.1. The number of halogens is 1. The lowest BCUT2D eigenvalue weighted by Crippen LogP contribution is -2.20. The number of carbonyl (C=O) groups is 1. The average Bonchev–Trinajstić information content (AvgIpc) is 3.20. The molecule has 0 amide bonds. The van der Waals surface area contributed by atoms with Crippen LogP contribution in [-0.4, -0.2) is 40.5 Å². The van der Waals surface area contributed by atoms with Gasteiger partial charge in [-0.3, -0.25) is 9.48 Å². The molecule has 4 rings (SSSR count). The number of hydrogen-bond acceptors (Lipinski definition) is 5. The third-order valence-corrected chi connectivity index (χ3v) is 4.91. The summed E-state index contributed by atoms with van der Waals surface area (Å²) in [5.74, 6) is -1.12. The number of imidazole rings is 1. The summed E-state index contributed by atoms with van der Waals surface area (Å²) in [6.07, 6.45) is 5.44. The molecule has 0 radical (unpaired) electrons. The minimum Gasteiger partial charge on any atom is -0.506 e. The second kappa shape index (κ2) is 7.51. The van der Waals surface area contributed by atoms with Gasteiger partial charge in [-0.15, -0.1) is 12.4 Å². The molecule has 0 bridgehead atoms. The first kappa shape index (κ1) is 19.7. The van der Waals surface area contributed by atoms with E-state index in [9.17, 15) is 19.8 Å². The van der Waals surface area contributed by atoms with Crippen molar-refractivity contribution in [2.45, 2.75) is 39.3 Å². The molecule has 3 N–H and O–H groups in total. The van der Waals surface area contributed by atoms with Crippen molar-refractivity contribution >= 4 is 18.4 Å². The minimum absolute atomic E-state index is 0. The van der Waals surface area contributed by atoms with Gasteiger partial charge in [0.25, 0.3) is 5.56 Å². The summed E-state index contributed by atoms with van der Waals surface area (Å²) >= 11 is 0. The average molecular weight is 406 g/mol. The topological polar surface area (TPSA) is 126 Å². The number of aromatic carboxylic acids is 1. The third-order valence-electron chi connectivity index (χ3n) is 4.91. The maximum Gasteiger partial charge on any atom is 0.345 e. The van der Waals surface area contributed by atoms with E-state index in [1.807, 2.05) is 19.2 Å². The predicted molar refractivity (Wildman–Crippen MR) is 103 cm³/mol. The summed E-state index contributed by atoms with van der Waals surface area (Å²) in [5, 5.41) is 23.9. The highest BCUT2D eigenvalue weighted by Gasteiger charge is 2.28. The molecule has 3 aromatic heterocycles. The van der Waals surface area contributed by atoms with Gasteiger partial charge in [-0.05, 0) is 32.3 Å². The molecule has 0 saturated heterocycles. The monoisotopic (exact) mass is 405 g/mol. The number of nitrogens with one attached hydrogen (secondary N) is 1. The maximum absolute atomic E-state index is 12.2. The Bertz CT molecular complexity index is 1080. The Morgan fingerprint density at radius 3 is 2.79 bits per heavy atom. The normalized spacial score (nSPS) is 12.6. The molecule has 28 heavy (non-hydrogen) atoms. The Morgan fingerprint density at radius 2 is 2.14 bits per heavy atom. The summed E-state index contributed by atoms with van der Waals surface area (Å²) in [6.45, 7) is 3.21. The molecule has 0 unspecified atom stereocenters. The number of H-pyrrole nitrogens is 1. The van der Waals surface area contributed by atoms with Crippen LogP contribution < -0.4 is 5.56 Å². The number of nitrogens with zero attached hydrogens (tertiary/aromatic N) is 4. The summed E-state index contributed by atoms with van der Waals surface area (Å²) in [7, 11) is 0. The molecule has 3 aromatic rings. The first-order chi connectivity index (χ1) is 13.0. The zero-order valence-electron chi connectivity index (χ0n) is 15.2. The van der Waals surface area contributed by atoms with Crippen LogP contribution in [0.15, 0.2) is 23.3 Å². The Balaban J connectivity index is 0.00000225. The highest BCUT2D eigenvalue weighted by molar-refractivity contribution is 5.92. The number of aromatic hydroxyl groups is 1. The molecule has 0 saturated carbocycles. The number of carboxylic acid groups (broad SMARTS) is 1. The van der Waals surface area contributed by atoms with E-state index in [0.717, 1.165) is 11.5 Å². The van der Waals surface area contributed by atoms with E-state index in [1.165, 1.54) is 0 Å². The Labute approximate surface area is 166 Å². The van der Waals surface area contributed by atoms with E-state index < -0.39 is 22.8 Å². The van der Waals surface area contributed by atoms with Crippen LogP contribution in [0.5, 0.6) is 5.75 Å². The third kappa shape index (κ3) is 3.07. The van der Waals surface area contributed by atoms with Gasteiger partial charge in [0.1, 0.15) is 17.3 Å². The van der Waals surface area contributed by atoms with Crippen LogP contribution in [0.25, 0.3) is 11.4 Å². The van der Waals surface area contributed by atoms with Crippen LogP contribution in [0.1, 0.15) is 40.8 Å². The Morgan fingerprint density at radius 1 is 1.36 bits per heavy atom. The molecule has 148 valence electrons. The molecule has 1 aliphatic rings. The molecule has 0 fully saturated rings. The summed E-state index contributed by atoms with van der Waals surface area (Å²) < 4.78 is 3.86. The number of aromatic nitrogens is 5. The molecule has 0 aliphatic heterocycles. The predicted octanol–water partition coefficient (Wildman–Crippen LogP) is 1.82. The minimum atomic E-state index is -1.44. The number of hydrogen-bond donors (Lipinski definition) is 3. The number of fused-ring (bicyclic) bond motifs is 3. The largest absolute Gasteiger partial charge is 0.506 e. The number of carboxylic acids is 1. The van der Waals surface area contributed by atoms with Crippen LogP contribution in [0.3, 0.4) is 0 Å². The van der Waals surface area contributed by atoms with Crippen LogP contribution in [-0.2, 0) is 25.9 Å². The Hall–Kier alpha value is -3.07. The second-order valence-corrected chi connectivity index (χ2v) is 6.46. The van der Waals surface area contributed by atoms with Crippen LogP contribution in [0, 0.1) is 0 Å². The molecule has 10 heteroatoms. The molecule has 3 heterocycles. The smallest absolute Gasteiger partial charge is 0.345 e. The van der Waals surface area contributed by atoms with Gasteiger partial charge < -0.3 is 19.8 Å². The van der Waals surface area contributed by atoms with Gasteiger partial charge in [0.15, 0.2) is 5.56 Å². The summed E-state index contributed by atoms with van der Waals surface area (Å²) in [4.78, 5) is 31.0. The van der Waals surface area contributed by atoms with Crippen molar-refractivity contribution in [1.82, 2.24) is 24.3 Å². The van der Waals surface area contributed by atoms with Gasteiger partial charge in [0.05, 0.1) is 12.2 Å². The lowest BCUT2D eigenvalue weighted by atomic mass is 10.0. The highest BCUT2D eigenvalue weighted by atomic mass is 35.5. The molecular formula is C18H20ClN5O4. The molecule has 0 atom stereocenters. The SMILES string of the molecule is CCn1c(Cn2cccn2)nc2c1CCCc1c-2[nH]c(=O)c(C(=O)O)c1O.Cl. The van der Waals surface area contributed by atoms with Gasteiger partial charge in [0.2, 0.25) is 0 Å². The quantitative estimate of drug-likeness (QED) is 0.607. The van der Waals surface area contributed by atoms with Crippen molar-refractivity contribution in [3.8, 4) is 17.1 Å². The fraction of sp³-hybridized carbons (Fsp3) is 0.333. The fourth-order valence-electron chi connectivity index (χ4n) is 3.73. The van der Waals surface area contributed by atoms with Crippen LogP contribution in [0.4, 0.5) is 0 Å². The Kier molecular flexibility index (Phi) is 5.28. The first-order valence-corrected chi connectivity index (χ1v) is 8.78. The summed E-state index contributed by atoms with van der Waals surface area (Å²) in [5.41, 5.74) is 0.948. The van der Waals surface area contributed by atoms with Gasteiger partial charge in [0, 0.05) is 30.2 Å². The van der Waals surface area contributed by atoms with Crippen molar-refractivity contribution in [3.63, 3.8) is 0 Å². The highest BCUT2D eigenvalue weighted by Crippen LogP contribution is 2.36. The van der Waals surface area contributed by atoms with Crippen molar-refractivity contribution in [2.24, 2.45) is 0 Å². The van der Waals surface area contributed by atoms with Crippen LogP contribution >= 0.6 is 12.4 Å². The number of aromatic amines is 1. The van der Waals surface area contributed by atoms with Gasteiger partial charge in [-0.25, -0.2) is 9.78 Å². The van der Waals surface area contributed by atoms with Gasteiger partial charge in [-0.2, -0.15) is 5.10 Å². The molecule has 1 aliphatic carbocycles. The van der Waals surface area contributed by atoms with Crippen molar-refractivity contribution in [2.75, 3.05) is 0 Å². The van der Waals surface area contributed by atoms with Crippen molar-refractivity contribution in [1.29, 1.82) is 0 Å². The summed E-state index contributed by atoms with van der Waals surface area (Å²) in [6, 6.07) is 1.84. The lowest BCUT2D eigenvalue weighted by Gasteiger charge is -2.09. The molecular weight excluding hydrogens is 386 g/mol. The molecule has 9 nitrogen and oxygen atoms in total. The van der Waals surface area contributed by atoms with Crippen molar-refractivity contribution < 1.29 is 15.0 Å². The van der Waals surface area contributed by atoms with Gasteiger partial charge in [-0.1, -0.05) is 0 Å². The first-order valence-electron chi connectivity index (χ1n) is 8.78. The fourth-order valence-corrected chi connectivity index (χ4v) is 3.73. The second-order valence-electron chi connectivity index (χ2n) is 6.46. The zero-order valence-corrected chi connectivity index (χ0v) is 16.0.